The number of ether oxygens (including phenoxy) is 1. The molecule has 1 unspecified atom stereocenters. The first kappa shape index (κ1) is 42.9. The van der Waals surface area contributed by atoms with E-state index in [1.54, 1.807) is 0 Å². The highest BCUT2D eigenvalue weighted by Gasteiger charge is 2.11. The zero-order valence-corrected chi connectivity index (χ0v) is 29.1. The van der Waals surface area contributed by atoms with Crippen molar-refractivity contribution in [2.24, 2.45) is 0 Å². The molecule has 1 amide bonds. The number of nitrogens with one attached hydrogen (secondary N) is 1. The molecule has 2 N–H and O–H groups in total. The van der Waals surface area contributed by atoms with E-state index in [-0.39, 0.29) is 24.5 Å². The third-order valence-corrected chi connectivity index (χ3v) is 7.36. The first-order chi connectivity index (χ1) is 22.5. The summed E-state index contributed by atoms with van der Waals surface area (Å²) in [6, 6.07) is 0. The minimum absolute atomic E-state index is 0.121. The number of carbonyl (C=O) groups is 3. The van der Waals surface area contributed by atoms with Gasteiger partial charge in [-0.15, -0.1) is 0 Å². The zero-order chi connectivity index (χ0) is 33.8. The molecule has 0 aliphatic rings. The minimum atomic E-state index is -1.04. The Morgan fingerprint density at radius 1 is 0.587 bits per heavy atom. The molecule has 0 aromatic heterocycles. The number of unbranched alkanes of at least 4 members (excludes halogenated alkanes) is 10. The Hall–Kier alpha value is -3.15. The lowest BCUT2D eigenvalue weighted by molar-refractivity contribution is -0.147. The highest BCUT2D eigenvalue weighted by atomic mass is 16.5. The number of allylic oxidation sites excluding steroid dienone is 11. The average molecular weight is 640 g/mol. The molecule has 6 heteroatoms. The lowest BCUT2D eigenvalue weighted by Gasteiger charge is -2.14. The van der Waals surface area contributed by atoms with Crippen molar-refractivity contribution < 1.29 is 24.2 Å². The van der Waals surface area contributed by atoms with Crippen LogP contribution in [0.1, 0.15) is 149 Å². The van der Waals surface area contributed by atoms with Crippen molar-refractivity contribution in [3.05, 3.63) is 72.9 Å². The van der Waals surface area contributed by atoms with E-state index in [1.807, 2.05) is 6.08 Å². The average Bonchev–Trinajstić information content (AvgIpc) is 3.04. The summed E-state index contributed by atoms with van der Waals surface area (Å²) in [5.41, 5.74) is 0. The molecule has 0 fully saturated rings. The van der Waals surface area contributed by atoms with Crippen molar-refractivity contribution in [1.29, 1.82) is 0 Å². The van der Waals surface area contributed by atoms with E-state index in [9.17, 15) is 14.4 Å². The summed E-state index contributed by atoms with van der Waals surface area (Å²) in [6.45, 7) is 3.95. The van der Waals surface area contributed by atoms with Gasteiger partial charge in [-0.3, -0.25) is 14.4 Å². The highest BCUT2D eigenvalue weighted by Crippen LogP contribution is 2.14. The third kappa shape index (κ3) is 33.7. The smallest absolute Gasteiger partial charge is 0.322 e. The van der Waals surface area contributed by atoms with Crippen LogP contribution in [0.5, 0.6) is 0 Å². The van der Waals surface area contributed by atoms with E-state index in [0.29, 0.717) is 12.8 Å². The van der Waals surface area contributed by atoms with Crippen LogP contribution in [0.3, 0.4) is 0 Å². The second-order valence-corrected chi connectivity index (χ2v) is 11.7. The Kier molecular flexibility index (Phi) is 32.3. The third-order valence-electron chi connectivity index (χ3n) is 7.36. The number of rotatable bonds is 31. The van der Waals surface area contributed by atoms with Crippen molar-refractivity contribution >= 4 is 17.8 Å². The molecule has 0 aromatic rings. The molecule has 0 spiro atoms. The number of hydrogen-bond acceptors (Lipinski definition) is 4. The van der Waals surface area contributed by atoms with E-state index >= 15 is 0 Å². The molecular formula is C40H65NO5. The van der Waals surface area contributed by atoms with Gasteiger partial charge in [-0.1, -0.05) is 126 Å². The molecule has 0 bridgehead atoms. The van der Waals surface area contributed by atoms with Crippen LogP contribution in [-0.2, 0) is 19.1 Å². The number of carboxylic acid groups (broad SMARTS) is 1. The number of aliphatic carboxylic acids is 1. The van der Waals surface area contributed by atoms with Gasteiger partial charge >= 0.3 is 11.9 Å². The van der Waals surface area contributed by atoms with Crippen LogP contribution in [0.25, 0.3) is 0 Å². The highest BCUT2D eigenvalue weighted by molar-refractivity contribution is 5.80. The van der Waals surface area contributed by atoms with Crippen molar-refractivity contribution in [3.63, 3.8) is 0 Å². The number of carboxylic acids is 1. The van der Waals surface area contributed by atoms with Crippen molar-refractivity contribution in [2.45, 2.75) is 155 Å². The van der Waals surface area contributed by atoms with Gasteiger partial charge in [-0.05, 0) is 83.1 Å². The van der Waals surface area contributed by atoms with Gasteiger partial charge < -0.3 is 15.2 Å². The van der Waals surface area contributed by atoms with Gasteiger partial charge in [-0.25, -0.2) is 0 Å². The maximum absolute atomic E-state index is 12.6. The largest absolute Gasteiger partial charge is 0.480 e. The molecule has 0 saturated heterocycles. The summed E-state index contributed by atoms with van der Waals surface area (Å²) in [5, 5.41) is 11.0. The van der Waals surface area contributed by atoms with Crippen LogP contribution in [0.15, 0.2) is 72.9 Å². The van der Waals surface area contributed by atoms with Crippen LogP contribution in [0.4, 0.5) is 0 Å². The molecule has 6 nitrogen and oxygen atoms in total. The molecule has 0 aliphatic heterocycles. The Bertz CT molecular complexity index is 928. The SMILES string of the molecule is CC/C=C\C/C=C\C/C=C\CCCCCCCCCC(=O)OC(/C=C\C/C=C\C/C=C\CC)CCCCCCC(=O)NCC(=O)O. The maximum Gasteiger partial charge on any atom is 0.322 e. The first-order valence-electron chi connectivity index (χ1n) is 18.1. The predicted molar refractivity (Wildman–Crippen MR) is 194 cm³/mol. The molecule has 260 valence electrons. The monoisotopic (exact) mass is 639 g/mol. The van der Waals surface area contributed by atoms with Crippen LogP contribution in [-0.4, -0.2) is 35.6 Å². The van der Waals surface area contributed by atoms with Crippen LogP contribution in [0, 0.1) is 0 Å². The summed E-state index contributed by atoms with van der Waals surface area (Å²) in [6.07, 6.45) is 46.1. The molecule has 0 aliphatic carbocycles. The maximum atomic E-state index is 12.6. The van der Waals surface area contributed by atoms with Crippen molar-refractivity contribution in [3.8, 4) is 0 Å². The van der Waals surface area contributed by atoms with Gasteiger partial charge in [0, 0.05) is 12.8 Å². The summed E-state index contributed by atoms with van der Waals surface area (Å²) in [5.74, 6) is -1.39. The van der Waals surface area contributed by atoms with Crippen LogP contribution < -0.4 is 5.32 Å². The summed E-state index contributed by atoms with van der Waals surface area (Å²) in [4.78, 5) is 34.8. The van der Waals surface area contributed by atoms with Crippen molar-refractivity contribution in [2.75, 3.05) is 6.54 Å². The minimum Gasteiger partial charge on any atom is -0.480 e. The summed E-state index contributed by atoms with van der Waals surface area (Å²) < 4.78 is 5.84. The van der Waals surface area contributed by atoms with E-state index < -0.39 is 5.97 Å². The van der Waals surface area contributed by atoms with Gasteiger partial charge in [0.15, 0.2) is 0 Å². The van der Waals surface area contributed by atoms with Gasteiger partial charge in [-0.2, -0.15) is 0 Å². The van der Waals surface area contributed by atoms with E-state index in [2.05, 4.69) is 86.0 Å². The number of amides is 1. The quantitative estimate of drug-likeness (QED) is 0.0447. The fourth-order valence-corrected chi connectivity index (χ4v) is 4.75. The number of esters is 1. The number of hydrogen-bond donors (Lipinski definition) is 2. The molecule has 0 heterocycles. The topological polar surface area (TPSA) is 92.7 Å². The molecule has 0 radical (unpaired) electrons. The van der Waals surface area contributed by atoms with E-state index in [4.69, 9.17) is 9.84 Å². The Morgan fingerprint density at radius 2 is 1.07 bits per heavy atom. The normalized spacial score (nSPS) is 12.9. The fraction of sp³-hybridized carbons (Fsp3) is 0.625. The summed E-state index contributed by atoms with van der Waals surface area (Å²) in [7, 11) is 0. The second-order valence-electron chi connectivity index (χ2n) is 11.7. The van der Waals surface area contributed by atoms with E-state index in [1.165, 1.54) is 25.7 Å². The van der Waals surface area contributed by atoms with Gasteiger partial charge in [0.1, 0.15) is 12.6 Å². The Balaban J connectivity index is 4.20. The lowest BCUT2D eigenvalue weighted by Crippen LogP contribution is -2.28. The van der Waals surface area contributed by atoms with Gasteiger partial charge in [0.2, 0.25) is 5.91 Å². The van der Waals surface area contributed by atoms with E-state index in [0.717, 1.165) is 96.3 Å². The molecular weight excluding hydrogens is 574 g/mol. The fourth-order valence-electron chi connectivity index (χ4n) is 4.75. The molecule has 0 aromatic carbocycles. The van der Waals surface area contributed by atoms with Gasteiger partial charge in [0.05, 0.1) is 0 Å². The molecule has 0 saturated carbocycles. The Labute approximate surface area is 281 Å². The van der Waals surface area contributed by atoms with Gasteiger partial charge in [0.25, 0.3) is 0 Å². The molecule has 0 rings (SSSR count). The molecule has 46 heavy (non-hydrogen) atoms. The van der Waals surface area contributed by atoms with Crippen molar-refractivity contribution in [1.82, 2.24) is 5.32 Å². The predicted octanol–water partition coefficient (Wildman–Crippen LogP) is 10.7. The standard InChI is InChI=1S/C40H65NO5/c1-3-5-7-9-11-13-14-15-16-17-18-19-20-21-23-25-31-35-40(45)46-37(32-28-24-22-12-10-8-6-4-2)33-29-26-27-30-34-38(42)41-36-39(43)44/h5-8,11-13,15-16,22,28,32,37H,3-4,9-10,14,17-21,23-27,29-31,33-36H2,1-2H3,(H,41,42)(H,43,44)/b7-5-,8-6-,13-11-,16-15-,22-12-,32-28-. The van der Waals surface area contributed by atoms with Crippen LogP contribution in [0.2, 0.25) is 0 Å². The Morgan fingerprint density at radius 3 is 1.65 bits per heavy atom. The molecule has 1 atom stereocenters. The first-order valence-corrected chi connectivity index (χ1v) is 18.1. The second kappa shape index (κ2) is 34.7. The summed E-state index contributed by atoms with van der Waals surface area (Å²) >= 11 is 0. The lowest BCUT2D eigenvalue weighted by atomic mass is 10.1. The van der Waals surface area contributed by atoms with Crippen LogP contribution >= 0.6 is 0 Å². The zero-order valence-electron chi connectivity index (χ0n) is 29.1. The number of carbonyl (C=O) groups excluding carboxylic acids is 2.